The fourth-order valence-electron chi connectivity index (χ4n) is 1.87. The van der Waals surface area contributed by atoms with Crippen molar-refractivity contribution in [1.82, 2.24) is 0 Å². The molecule has 0 aromatic heterocycles. The molecule has 0 aliphatic heterocycles. The minimum atomic E-state index is -0.186. The van der Waals surface area contributed by atoms with Crippen molar-refractivity contribution in [3.05, 3.63) is 46.8 Å². The van der Waals surface area contributed by atoms with Gasteiger partial charge in [0.2, 0.25) is 0 Å². The highest BCUT2D eigenvalue weighted by Gasteiger charge is 2.14. The molecule has 74 valence electrons. The summed E-state index contributed by atoms with van der Waals surface area (Å²) in [6, 6.07) is 4.93. The van der Waals surface area contributed by atoms with Crippen molar-refractivity contribution in [2.45, 2.75) is 25.2 Å². The predicted octanol–water partition coefficient (Wildman–Crippen LogP) is 4.30. The average Bonchev–Trinajstić information content (AvgIpc) is 2.19. The largest absolute Gasteiger partial charge is 0.207 e. The van der Waals surface area contributed by atoms with Gasteiger partial charge in [-0.15, -0.1) is 0 Å². The highest BCUT2D eigenvalue weighted by molar-refractivity contribution is 6.30. The van der Waals surface area contributed by atoms with Crippen molar-refractivity contribution >= 4 is 11.6 Å². The van der Waals surface area contributed by atoms with E-state index in [1.54, 1.807) is 12.1 Å². The number of rotatable bonds is 1. The lowest BCUT2D eigenvalue weighted by Crippen LogP contribution is -2.01. The summed E-state index contributed by atoms with van der Waals surface area (Å²) in [6.07, 6.45) is 7.52. The predicted molar refractivity (Wildman–Crippen MR) is 57.1 cm³/mol. The standard InChI is InChI=1S/C12H12ClF/c13-10-6-7-11(12(14)8-10)9-4-2-1-3-5-9/h2,4,6-9H,1,3,5H2. The van der Waals surface area contributed by atoms with Crippen LogP contribution in [0.15, 0.2) is 30.4 Å². The van der Waals surface area contributed by atoms with Gasteiger partial charge in [0.15, 0.2) is 0 Å². The maximum atomic E-state index is 13.5. The van der Waals surface area contributed by atoms with E-state index in [0.717, 1.165) is 24.8 Å². The van der Waals surface area contributed by atoms with E-state index in [2.05, 4.69) is 12.2 Å². The normalized spacial score (nSPS) is 21.1. The summed E-state index contributed by atoms with van der Waals surface area (Å²) in [5.74, 6) is 0.0510. The zero-order valence-electron chi connectivity index (χ0n) is 7.84. The van der Waals surface area contributed by atoms with Gasteiger partial charge in [0.05, 0.1) is 0 Å². The minimum Gasteiger partial charge on any atom is -0.207 e. The Morgan fingerprint density at radius 1 is 1.36 bits per heavy atom. The smallest absolute Gasteiger partial charge is 0.128 e. The minimum absolute atomic E-state index is 0.186. The molecule has 0 amide bonds. The van der Waals surface area contributed by atoms with E-state index in [4.69, 9.17) is 11.6 Å². The zero-order chi connectivity index (χ0) is 9.97. The summed E-state index contributed by atoms with van der Waals surface area (Å²) in [5.41, 5.74) is 0.769. The summed E-state index contributed by atoms with van der Waals surface area (Å²) >= 11 is 5.70. The first-order valence-electron chi connectivity index (χ1n) is 4.89. The van der Waals surface area contributed by atoms with Crippen molar-refractivity contribution in [3.63, 3.8) is 0 Å². The number of hydrogen-bond donors (Lipinski definition) is 0. The summed E-state index contributed by atoms with van der Waals surface area (Å²) in [6.45, 7) is 0. The molecule has 0 heterocycles. The van der Waals surface area contributed by atoms with Crippen LogP contribution in [0.25, 0.3) is 0 Å². The first kappa shape index (κ1) is 9.72. The number of halogens is 2. The Bertz CT molecular complexity index is 357. The molecule has 0 saturated heterocycles. The fourth-order valence-corrected chi connectivity index (χ4v) is 2.03. The number of hydrogen-bond acceptors (Lipinski definition) is 0. The van der Waals surface area contributed by atoms with Gasteiger partial charge in [-0.1, -0.05) is 29.8 Å². The Morgan fingerprint density at radius 3 is 2.86 bits per heavy atom. The van der Waals surface area contributed by atoms with Crippen LogP contribution in [-0.4, -0.2) is 0 Å². The Morgan fingerprint density at radius 2 is 2.21 bits per heavy atom. The van der Waals surface area contributed by atoms with Gasteiger partial charge in [-0.25, -0.2) is 4.39 Å². The van der Waals surface area contributed by atoms with Crippen molar-refractivity contribution in [1.29, 1.82) is 0 Å². The van der Waals surface area contributed by atoms with Crippen LogP contribution < -0.4 is 0 Å². The van der Waals surface area contributed by atoms with Gasteiger partial charge in [-0.05, 0) is 37.0 Å². The maximum Gasteiger partial charge on any atom is 0.128 e. The highest BCUT2D eigenvalue weighted by atomic mass is 35.5. The number of allylic oxidation sites excluding steroid dienone is 2. The molecule has 0 N–H and O–H groups in total. The second-order valence-electron chi connectivity index (χ2n) is 3.63. The fraction of sp³-hybridized carbons (Fsp3) is 0.333. The molecule has 1 aromatic carbocycles. The monoisotopic (exact) mass is 210 g/mol. The van der Waals surface area contributed by atoms with Crippen LogP contribution in [0.2, 0.25) is 5.02 Å². The summed E-state index contributed by atoms with van der Waals surface area (Å²) in [5, 5.41) is 0.464. The van der Waals surface area contributed by atoms with E-state index in [9.17, 15) is 4.39 Å². The van der Waals surface area contributed by atoms with Crippen LogP contribution in [0.4, 0.5) is 4.39 Å². The molecule has 0 fully saturated rings. The Labute approximate surface area is 88.4 Å². The third-order valence-corrected chi connectivity index (χ3v) is 2.85. The van der Waals surface area contributed by atoms with Crippen molar-refractivity contribution < 1.29 is 4.39 Å². The van der Waals surface area contributed by atoms with Gasteiger partial charge < -0.3 is 0 Å². The molecule has 1 aromatic rings. The van der Waals surface area contributed by atoms with E-state index in [1.807, 2.05) is 0 Å². The van der Waals surface area contributed by atoms with Gasteiger partial charge >= 0.3 is 0 Å². The average molecular weight is 211 g/mol. The van der Waals surface area contributed by atoms with Crippen LogP contribution in [0.1, 0.15) is 30.7 Å². The first-order valence-corrected chi connectivity index (χ1v) is 5.27. The molecular formula is C12H12ClF. The molecule has 0 radical (unpaired) electrons. The molecule has 1 unspecified atom stereocenters. The molecule has 0 spiro atoms. The molecule has 2 heteroatoms. The van der Waals surface area contributed by atoms with E-state index < -0.39 is 0 Å². The van der Waals surface area contributed by atoms with E-state index in [0.29, 0.717) is 5.02 Å². The van der Waals surface area contributed by atoms with Gasteiger partial charge in [0, 0.05) is 10.9 Å². The van der Waals surface area contributed by atoms with E-state index in [-0.39, 0.29) is 11.7 Å². The summed E-state index contributed by atoms with van der Waals surface area (Å²) in [4.78, 5) is 0. The Kier molecular flexibility index (Phi) is 2.87. The molecule has 0 nitrogen and oxygen atoms in total. The van der Waals surface area contributed by atoms with Gasteiger partial charge in [-0.2, -0.15) is 0 Å². The van der Waals surface area contributed by atoms with Crippen molar-refractivity contribution in [2.75, 3.05) is 0 Å². The van der Waals surface area contributed by atoms with Gasteiger partial charge in [-0.3, -0.25) is 0 Å². The van der Waals surface area contributed by atoms with Crippen molar-refractivity contribution in [3.8, 4) is 0 Å². The first-order chi connectivity index (χ1) is 6.77. The van der Waals surface area contributed by atoms with Crippen LogP contribution >= 0.6 is 11.6 Å². The van der Waals surface area contributed by atoms with E-state index in [1.165, 1.54) is 6.07 Å². The lowest BCUT2D eigenvalue weighted by atomic mass is 9.89. The summed E-state index contributed by atoms with van der Waals surface area (Å²) in [7, 11) is 0. The van der Waals surface area contributed by atoms with Gasteiger partial charge in [0.1, 0.15) is 5.82 Å². The SMILES string of the molecule is Fc1cc(Cl)ccc1C1C=CCCC1. The Hall–Kier alpha value is -0.820. The lowest BCUT2D eigenvalue weighted by molar-refractivity contribution is 0.574. The van der Waals surface area contributed by atoms with E-state index >= 15 is 0 Å². The van der Waals surface area contributed by atoms with Crippen LogP contribution in [-0.2, 0) is 0 Å². The molecule has 0 saturated carbocycles. The molecule has 14 heavy (non-hydrogen) atoms. The van der Waals surface area contributed by atoms with Crippen LogP contribution in [0.5, 0.6) is 0 Å². The van der Waals surface area contributed by atoms with Crippen LogP contribution in [0.3, 0.4) is 0 Å². The maximum absolute atomic E-state index is 13.5. The lowest BCUT2D eigenvalue weighted by Gasteiger charge is -2.17. The molecule has 2 rings (SSSR count). The molecule has 0 bridgehead atoms. The third-order valence-electron chi connectivity index (χ3n) is 2.62. The number of benzene rings is 1. The molecule has 1 aliphatic carbocycles. The second kappa shape index (κ2) is 4.14. The second-order valence-corrected chi connectivity index (χ2v) is 4.07. The highest BCUT2D eigenvalue weighted by Crippen LogP contribution is 2.30. The molecule has 1 atom stereocenters. The van der Waals surface area contributed by atoms with Crippen LogP contribution in [0, 0.1) is 5.82 Å². The van der Waals surface area contributed by atoms with Gasteiger partial charge in [0.25, 0.3) is 0 Å². The molecule has 1 aliphatic rings. The van der Waals surface area contributed by atoms with Crippen molar-refractivity contribution in [2.24, 2.45) is 0 Å². The third kappa shape index (κ3) is 1.98. The Balaban J connectivity index is 2.31. The molecular weight excluding hydrogens is 199 g/mol. The summed E-state index contributed by atoms with van der Waals surface area (Å²) < 4.78 is 13.5. The zero-order valence-corrected chi connectivity index (χ0v) is 8.60. The topological polar surface area (TPSA) is 0 Å². The quantitative estimate of drug-likeness (QED) is 0.607.